The third-order valence-electron chi connectivity index (χ3n) is 6.84. The van der Waals surface area contributed by atoms with Crippen LogP contribution in [0.4, 0.5) is 10.2 Å². The third-order valence-corrected chi connectivity index (χ3v) is 7.66. The van der Waals surface area contributed by atoms with Gasteiger partial charge in [0, 0.05) is 24.7 Å². The van der Waals surface area contributed by atoms with Crippen molar-refractivity contribution >= 4 is 51.1 Å². The topological polar surface area (TPSA) is 122 Å². The minimum atomic E-state index is -1.16. The van der Waals surface area contributed by atoms with Crippen molar-refractivity contribution in [3.63, 3.8) is 0 Å². The van der Waals surface area contributed by atoms with Gasteiger partial charge >= 0.3 is 0 Å². The summed E-state index contributed by atoms with van der Waals surface area (Å²) in [5, 5.41) is 23.2. The lowest BCUT2D eigenvalue weighted by molar-refractivity contribution is 0.202. The summed E-state index contributed by atoms with van der Waals surface area (Å²) in [6.07, 6.45) is 0.904. The van der Waals surface area contributed by atoms with Crippen LogP contribution >= 0.6 is 23.2 Å². The number of anilines is 1. The van der Waals surface area contributed by atoms with E-state index < -0.39 is 12.2 Å². The van der Waals surface area contributed by atoms with Gasteiger partial charge in [-0.3, -0.25) is 9.78 Å². The second-order valence-corrected chi connectivity index (χ2v) is 9.44. The van der Waals surface area contributed by atoms with E-state index in [-0.39, 0.29) is 18.7 Å². The molecule has 0 spiro atoms. The molecule has 2 aliphatic heterocycles. The summed E-state index contributed by atoms with van der Waals surface area (Å²) >= 11 is 13.1. The van der Waals surface area contributed by atoms with E-state index in [1.807, 2.05) is 17.0 Å². The number of nitrogens with one attached hydrogen (secondary N) is 1. The second kappa shape index (κ2) is 7.49. The molecule has 0 unspecified atom stereocenters. The lowest BCUT2D eigenvalue weighted by Gasteiger charge is -2.41. The molecule has 2 fully saturated rings. The highest BCUT2D eigenvalue weighted by atomic mass is 35.5. The van der Waals surface area contributed by atoms with Crippen molar-refractivity contribution in [2.75, 3.05) is 4.90 Å². The van der Waals surface area contributed by atoms with Crippen molar-refractivity contribution in [3.8, 4) is 11.3 Å². The summed E-state index contributed by atoms with van der Waals surface area (Å²) in [6.45, 7) is -0.344. The fourth-order valence-corrected chi connectivity index (χ4v) is 5.90. The zero-order valence-electron chi connectivity index (χ0n) is 17.6. The Kier molecular flexibility index (Phi) is 4.77. The van der Waals surface area contributed by atoms with E-state index >= 15 is 0 Å². The van der Waals surface area contributed by atoms with E-state index in [9.17, 15) is 9.50 Å². The van der Waals surface area contributed by atoms with Gasteiger partial charge in [0.1, 0.15) is 22.5 Å². The quantitative estimate of drug-likeness (QED) is 0.403. The SMILES string of the molecule is Cn1nc2ccc(-c3[nH]nc4nc(N5[C@H]6CC[C@@H]5[C@@H](F)[C@@H](N)C6)c(CO)nc34)c(Cl)c2c1Cl. The number of nitrogens with two attached hydrogens (primary N) is 1. The molecule has 0 amide bonds. The normalized spacial score (nSPS) is 25.0. The minimum absolute atomic E-state index is 0.0667. The highest BCUT2D eigenvalue weighted by Crippen LogP contribution is 2.42. The van der Waals surface area contributed by atoms with Crippen molar-refractivity contribution in [1.29, 1.82) is 0 Å². The molecular weight excluding hydrogens is 470 g/mol. The molecule has 4 atom stereocenters. The molecule has 4 aromatic rings. The van der Waals surface area contributed by atoms with Gasteiger partial charge in [0.15, 0.2) is 5.82 Å². The van der Waals surface area contributed by atoms with E-state index in [2.05, 4.69) is 20.3 Å². The number of hydrogen-bond acceptors (Lipinski definition) is 7. The Hall–Kier alpha value is -2.53. The molecule has 2 bridgehead atoms. The van der Waals surface area contributed by atoms with E-state index in [1.165, 1.54) is 0 Å². The molecule has 4 N–H and O–H groups in total. The first-order valence-corrected chi connectivity index (χ1v) is 11.5. The number of rotatable bonds is 3. The summed E-state index contributed by atoms with van der Waals surface area (Å²) < 4.78 is 16.4. The predicted octanol–water partition coefficient (Wildman–Crippen LogP) is 3.11. The first kappa shape index (κ1) is 21.0. The van der Waals surface area contributed by atoms with Crippen LogP contribution in [0.2, 0.25) is 10.2 Å². The first-order chi connectivity index (χ1) is 15.9. The fraction of sp³-hybridized carbons (Fsp3) is 0.429. The number of halogens is 3. The monoisotopic (exact) mass is 490 g/mol. The van der Waals surface area contributed by atoms with Crippen LogP contribution in [0.25, 0.3) is 33.3 Å². The zero-order chi connectivity index (χ0) is 23.0. The number of aromatic nitrogens is 6. The molecule has 9 nitrogen and oxygen atoms in total. The zero-order valence-corrected chi connectivity index (χ0v) is 19.1. The van der Waals surface area contributed by atoms with Crippen LogP contribution in [0.1, 0.15) is 25.0 Å². The molecule has 0 radical (unpaired) electrons. The maximum absolute atomic E-state index is 14.9. The molecular formula is C21H21Cl2FN8O. The van der Waals surface area contributed by atoms with Crippen LogP contribution in [-0.2, 0) is 13.7 Å². The Bertz CT molecular complexity index is 1400. The molecule has 172 valence electrons. The average molecular weight is 491 g/mol. The van der Waals surface area contributed by atoms with E-state index in [1.54, 1.807) is 11.7 Å². The molecule has 0 aliphatic carbocycles. The van der Waals surface area contributed by atoms with Gasteiger partial charge in [-0.25, -0.2) is 14.4 Å². The van der Waals surface area contributed by atoms with Gasteiger partial charge < -0.3 is 15.7 Å². The number of benzene rings is 1. The number of aryl methyl sites for hydroxylation is 1. The first-order valence-electron chi connectivity index (χ1n) is 10.7. The maximum atomic E-state index is 14.9. The maximum Gasteiger partial charge on any atom is 0.202 e. The number of nitrogens with zero attached hydrogens (tertiary/aromatic N) is 6. The summed E-state index contributed by atoms with van der Waals surface area (Å²) in [4.78, 5) is 11.3. The molecule has 33 heavy (non-hydrogen) atoms. The van der Waals surface area contributed by atoms with Crippen LogP contribution in [0.3, 0.4) is 0 Å². The Morgan fingerprint density at radius 1 is 1.27 bits per heavy atom. The van der Waals surface area contributed by atoms with Gasteiger partial charge in [0.05, 0.1) is 34.3 Å². The van der Waals surface area contributed by atoms with Gasteiger partial charge in [-0.2, -0.15) is 10.2 Å². The fourth-order valence-electron chi connectivity index (χ4n) is 5.28. The molecule has 2 saturated heterocycles. The smallest absolute Gasteiger partial charge is 0.202 e. The predicted molar refractivity (Wildman–Crippen MR) is 124 cm³/mol. The van der Waals surface area contributed by atoms with E-state index in [0.29, 0.717) is 67.9 Å². The minimum Gasteiger partial charge on any atom is -0.390 e. The standard InChI is InChI=1S/C21H21Cl2FN8O/c1-31-19(23)14-11(30-31)4-3-9(15(14)22)17-18-20(29-28-17)27-21(12(7-33)26-18)32-8-2-5-13(32)16(24)10(25)6-8/h3-4,8,10,13,16,33H,2,5-7,25H2,1H3,(H,27,28,29)/t8-,10-,13+,16-/m0/s1. The molecule has 2 aliphatic rings. The number of alkyl halides is 1. The van der Waals surface area contributed by atoms with Crippen LogP contribution in [-0.4, -0.2) is 59.3 Å². The Morgan fingerprint density at radius 3 is 2.88 bits per heavy atom. The summed E-state index contributed by atoms with van der Waals surface area (Å²) in [7, 11) is 1.74. The average Bonchev–Trinajstić information content (AvgIpc) is 3.45. The largest absolute Gasteiger partial charge is 0.390 e. The second-order valence-electron chi connectivity index (χ2n) is 8.71. The molecule has 3 aromatic heterocycles. The van der Waals surface area contributed by atoms with E-state index in [0.717, 1.165) is 6.42 Å². The Balaban J connectivity index is 1.49. The lowest BCUT2D eigenvalue weighted by atomic mass is 9.96. The number of aliphatic hydroxyl groups is 1. The van der Waals surface area contributed by atoms with Gasteiger partial charge in [0.2, 0.25) is 5.65 Å². The Labute approximate surface area is 197 Å². The van der Waals surface area contributed by atoms with Crippen molar-refractivity contribution in [2.24, 2.45) is 12.8 Å². The number of H-pyrrole nitrogens is 1. The highest BCUT2D eigenvalue weighted by Gasteiger charge is 2.48. The van der Waals surface area contributed by atoms with Gasteiger partial charge in [0.25, 0.3) is 0 Å². The summed E-state index contributed by atoms with van der Waals surface area (Å²) in [5.74, 6) is 0.460. The highest BCUT2D eigenvalue weighted by molar-refractivity contribution is 6.43. The molecule has 5 heterocycles. The van der Waals surface area contributed by atoms with Crippen LogP contribution in [0.5, 0.6) is 0 Å². The van der Waals surface area contributed by atoms with Crippen LogP contribution in [0.15, 0.2) is 12.1 Å². The number of aliphatic hydroxyl groups excluding tert-OH is 1. The Morgan fingerprint density at radius 2 is 2.09 bits per heavy atom. The number of piperidine rings is 1. The van der Waals surface area contributed by atoms with Gasteiger partial charge in [-0.05, 0) is 31.4 Å². The summed E-state index contributed by atoms with van der Waals surface area (Å²) in [6, 6.07) is 2.84. The third kappa shape index (κ3) is 2.97. The van der Waals surface area contributed by atoms with Crippen molar-refractivity contribution in [3.05, 3.63) is 28.0 Å². The van der Waals surface area contributed by atoms with Crippen LogP contribution < -0.4 is 10.6 Å². The molecule has 1 aromatic carbocycles. The van der Waals surface area contributed by atoms with Crippen molar-refractivity contribution in [2.45, 2.75) is 50.2 Å². The van der Waals surface area contributed by atoms with Gasteiger partial charge in [-0.1, -0.05) is 23.2 Å². The molecule has 6 rings (SSSR count). The summed E-state index contributed by atoms with van der Waals surface area (Å²) in [5.41, 5.74) is 9.04. The lowest BCUT2D eigenvalue weighted by Crippen LogP contribution is -2.56. The van der Waals surface area contributed by atoms with E-state index in [4.69, 9.17) is 33.9 Å². The molecule has 0 saturated carbocycles. The number of aromatic amines is 1. The van der Waals surface area contributed by atoms with Crippen molar-refractivity contribution in [1.82, 2.24) is 29.9 Å². The van der Waals surface area contributed by atoms with Crippen molar-refractivity contribution < 1.29 is 9.50 Å². The number of fused-ring (bicyclic) bond motifs is 4. The molecule has 12 heteroatoms. The number of hydrogen-bond donors (Lipinski definition) is 3. The van der Waals surface area contributed by atoms with Gasteiger partial charge in [-0.15, -0.1) is 0 Å². The van der Waals surface area contributed by atoms with Crippen LogP contribution in [0, 0.1) is 0 Å².